The molecule has 0 radical (unpaired) electrons. The number of hydrogen-bond acceptors (Lipinski definition) is 4. The van der Waals surface area contributed by atoms with E-state index in [1.807, 2.05) is 12.1 Å². The summed E-state index contributed by atoms with van der Waals surface area (Å²) < 4.78 is 23.3. The van der Waals surface area contributed by atoms with Crippen molar-refractivity contribution in [2.24, 2.45) is 16.8 Å². The molecule has 1 saturated heterocycles. The number of para-hydroxylation sites is 1. The molecule has 0 aromatic heterocycles. The lowest BCUT2D eigenvalue weighted by Gasteiger charge is -2.38. The summed E-state index contributed by atoms with van der Waals surface area (Å²) >= 11 is 0. The first-order chi connectivity index (χ1) is 8.93. The molecule has 5 nitrogen and oxygen atoms in total. The number of nitrogens with two attached hydrogens (primary N) is 2. The summed E-state index contributed by atoms with van der Waals surface area (Å²) in [6, 6.07) is 7.09. The van der Waals surface area contributed by atoms with Crippen LogP contribution in [0.3, 0.4) is 0 Å². The number of anilines is 1. The Labute approximate surface area is 114 Å². The van der Waals surface area contributed by atoms with Gasteiger partial charge in [-0.1, -0.05) is 25.5 Å². The van der Waals surface area contributed by atoms with Gasteiger partial charge in [0, 0.05) is 19.1 Å². The zero-order valence-corrected chi connectivity index (χ0v) is 11.9. The van der Waals surface area contributed by atoms with Crippen LogP contribution in [-0.4, -0.2) is 27.5 Å². The summed E-state index contributed by atoms with van der Waals surface area (Å²) in [7, 11) is -3.69. The average Bonchev–Trinajstić information content (AvgIpc) is 2.38. The van der Waals surface area contributed by atoms with E-state index < -0.39 is 10.0 Å². The molecular weight excluding hydrogens is 262 g/mol. The Morgan fingerprint density at radius 2 is 2.05 bits per heavy atom. The van der Waals surface area contributed by atoms with Crippen LogP contribution < -0.4 is 15.8 Å². The highest BCUT2D eigenvalue weighted by atomic mass is 32.2. The Hall–Kier alpha value is -1.11. The van der Waals surface area contributed by atoms with Gasteiger partial charge in [0.15, 0.2) is 0 Å². The Balaban J connectivity index is 2.33. The summed E-state index contributed by atoms with van der Waals surface area (Å²) in [5.74, 6) is 0.391. The first kappa shape index (κ1) is 14.3. The molecule has 1 fully saturated rings. The molecule has 1 heterocycles. The van der Waals surface area contributed by atoms with Crippen LogP contribution >= 0.6 is 0 Å². The minimum absolute atomic E-state index is 0.195. The molecule has 4 N–H and O–H groups in total. The van der Waals surface area contributed by atoms with E-state index in [-0.39, 0.29) is 10.9 Å². The van der Waals surface area contributed by atoms with Crippen LogP contribution in [0.1, 0.15) is 19.8 Å². The van der Waals surface area contributed by atoms with E-state index in [9.17, 15) is 8.42 Å². The van der Waals surface area contributed by atoms with Crippen LogP contribution in [0, 0.1) is 5.92 Å². The van der Waals surface area contributed by atoms with Gasteiger partial charge in [0.25, 0.3) is 0 Å². The van der Waals surface area contributed by atoms with Crippen LogP contribution in [-0.2, 0) is 10.0 Å². The summed E-state index contributed by atoms with van der Waals surface area (Å²) in [6.07, 6.45) is 1.87. The lowest BCUT2D eigenvalue weighted by atomic mass is 9.90. The van der Waals surface area contributed by atoms with Gasteiger partial charge < -0.3 is 10.6 Å². The van der Waals surface area contributed by atoms with Gasteiger partial charge in [-0.3, -0.25) is 0 Å². The molecule has 2 atom stereocenters. The molecule has 1 aromatic carbocycles. The molecule has 1 aliphatic heterocycles. The maximum atomic E-state index is 11.6. The van der Waals surface area contributed by atoms with Gasteiger partial charge in [0.1, 0.15) is 4.90 Å². The normalized spacial score (nSPS) is 24.5. The van der Waals surface area contributed by atoms with Crippen LogP contribution in [0.15, 0.2) is 29.2 Å². The lowest BCUT2D eigenvalue weighted by molar-refractivity contribution is 0.347. The molecule has 6 heteroatoms. The molecule has 106 valence electrons. The molecule has 0 bridgehead atoms. The molecule has 1 aromatic rings. The van der Waals surface area contributed by atoms with E-state index in [1.54, 1.807) is 12.1 Å². The number of benzene rings is 1. The fourth-order valence-corrected chi connectivity index (χ4v) is 3.42. The highest BCUT2D eigenvalue weighted by Gasteiger charge is 2.27. The van der Waals surface area contributed by atoms with E-state index in [4.69, 9.17) is 10.9 Å². The second-order valence-corrected chi connectivity index (χ2v) is 6.61. The van der Waals surface area contributed by atoms with E-state index in [0.29, 0.717) is 11.6 Å². The van der Waals surface area contributed by atoms with Crippen molar-refractivity contribution >= 4 is 15.7 Å². The van der Waals surface area contributed by atoms with Gasteiger partial charge in [-0.25, -0.2) is 13.6 Å². The number of piperidine rings is 1. The van der Waals surface area contributed by atoms with Gasteiger partial charge in [0.2, 0.25) is 10.0 Å². The van der Waals surface area contributed by atoms with Gasteiger partial charge in [-0.05, 0) is 24.5 Å². The predicted molar refractivity (Wildman–Crippen MR) is 76.4 cm³/mol. The third-order valence-electron chi connectivity index (χ3n) is 3.83. The van der Waals surface area contributed by atoms with Crippen molar-refractivity contribution in [1.82, 2.24) is 0 Å². The second kappa shape index (κ2) is 5.48. The van der Waals surface area contributed by atoms with Gasteiger partial charge >= 0.3 is 0 Å². The fourth-order valence-electron chi connectivity index (χ4n) is 2.66. The van der Waals surface area contributed by atoms with Gasteiger partial charge in [-0.15, -0.1) is 0 Å². The molecule has 0 aliphatic carbocycles. The van der Waals surface area contributed by atoms with Crippen molar-refractivity contribution < 1.29 is 8.42 Å². The summed E-state index contributed by atoms with van der Waals surface area (Å²) in [5, 5.41) is 5.28. The Morgan fingerprint density at radius 3 is 2.68 bits per heavy atom. The zero-order chi connectivity index (χ0) is 14.0. The highest BCUT2D eigenvalue weighted by Crippen LogP contribution is 2.29. The SMILES string of the molecule is CCC1CN(c2ccccc2S(N)(=O)=O)CCC1N. The molecule has 0 saturated carbocycles. The van der Waals surface area contributed by atoms with Crippen molar-refractivity contribution in [3.8, 4) is 0 Å². The van der Waals surface area contributed by atoms with Crippen molar-refractivity contribution in [2.75, 3.05) is 18.0 Å². The van der Waals surface area contributed by atoms with E-state index >= 15 is 0 Å². The maximum absolute atomic E-state index is 11.6. The lowest BCUT2D eigenvalue weighted by Crippen LogP contribution is -2.47. The minimum Gasteiger partial charge on any atom is -0.370 e. The Bertz CT molecular complexity index is 545. The largest absolute Gasteiger partial charge is 0.370 e. The van der Waals surface area contributed by atoms with E-state index in [2.05, 4.69) is 11.8 Å². The maximum Gasteiger partial charge on any atom is 0.240 e. The highest BCUT2D eigenvalue weighted by molar-refractivity contribution is 7.89. The van der Waals surface area contributed by atoms with Gasteiger partial charge in [-0.2, -0.15) is 0 Å². The van der Waals surface area contributed by atoms with Crippen LogP contribution in [0.4, 0.5) is 5.69 Å². The molecule has 0 amide bonds. The number of rotatable bonds is 3. The molecule has 0 spiro atoms. The Kier molecular flexibility index (Phi) is 4.13. The third-order valence-corrected chi connectivity index (χ3v) is 4.79. The van der Waals surface area contributed by atoms with Crippen molar-refractivity contribution in [3.05, 3.63) is 24.3 Å². The predicted octanol–water partition coefficient (Wildman–Crippen LogP) is 0.898. The number of nitrogens with zero attached hydrogens (tertiary/aromatic N) is 1. The molecule has 19 heavy (non-hydrogen) atoms. The molecule has 2 unspecified atom stereocenters. The molecule has 2 rings (SSSR count). The van der Waals surface area contributed by atoms with E-state index in [1.165, 1.54) is 0 Å². The van der Waals surface area contributed by atoms with Crippen LogP contribution in [0.5, 0.6) is 0 Å². The Morgan fingerprint density at radius 1 is 1.37 bits per heavy atom. The smallest absolute Gasteiger partial charge is 0.240 e. The van der Waals surface area contributed by atoms with Crippen LogP contribution in [0.25, 0.3) is 0 Å². The summed E-state index contributed by atoms with van der Waals surface area (Å²) in [5.41, 5.74) is 6.77. The van der Waals surface area contributed by atoms with Crippen molar-refractivity contribution in [3.63, 3.8) is 0 Å². The second-order valence-electron chi connectivity index (χ2n) is 5.08. The number of sulfonamides is 1. The fraction of sp³-hybridized carbons (Fsp3) is 0.538. The van der Waals surface area contributed by atoms with Crippen molar-refractivity contribution in [1.29, 1.82) is 0 Å². The molecule has 1 aliphatic rings. The average molecular weight is 283 g/mol. The zero-order valence-electron chi connectivity index (χ0n) is 11.1. The topological polar surface area (TPSA) is 89.4 Å². The molecular formula is C13H21N3O2S. The number of primary sulfonamides is 1. The summed E-state index contributed by atoms with van der Waals surface area (Å²) in [4.78, 5) is 2.28. The van der Waals surface area contributed by atoms with Crippen molar-refractivity contribution in [2.45, 2.75) is 30.7 Å². The number of hydrogen-bond donors (Lipinski definition) is 2. The minimum atomic E-state index is -3.69. The van der Waals surface area contributed by atoms with E-state index in [0.717, 1.165) is 25.9 Å². The first-order valence-electron chi connectivity index (χ1n) is 6.56. The quantitative estimate of drug-likeness (QED) is 0.862. The first-order valence-corrected chi connectivity index (χ1v) is 8.10. The third kappa shape index (κ3) is 3.08. The standard InChI is InChI=1S/C13H21N3O2S/c1-2-10-9-16(8-7-11(10)14)12-5-3-4-6-13(12)19(15,17)18/h3-6,10-11H,2,7-9,14H2,1H3,(H2,15,17,18). The van der Waals surface area contributed by atoms with Gasteiger partial charge in [0.05, 0.1) is 5.69 Å². The van der Waals surface area contributed by atoms with Crippen LogP contribution in [0.2, 0.25) is 0 Å². The summed E-state index contributed by atoms with van der Waals surface area (Å²) in [6.45, 7) is 3.66. The monoisotopic (exact) mass is 283 g/mol.